The Labute approximate surface area is 117 Å². The minimum Gasteiger partial charge on any atom is -0.420 e. The highest BCUT2D eigenvalue weighted by atomic mass is 19.2. The monoisotopic (exact) mass is 309 g/mol. The van der Waals surface area contributed by atoms with Crippen LogP contribution in [0.15, 0.2) is 0 Å². The van der Waals surface area contributed by atoms with Gasteiger partial charge in [0.15, 0.2) is 0 Å². The minimum absolute atomic E-state index is 0.300. The van der Waals surface area contributed by atoms with Gasteiger partial charge in [-0.25, -0.2) is 13.2 Å². The maximum absolute atomic E-state index is 13.4. The molecule has 8 heteroatoms. The quantitative estimate of drug-likeness (QED) is 0.276. The topological polar surface area (TPSA) is 29.5 Å². The van der Waals surface area contributed by atoms with Gasteiger partial charge in [0.2, 0.25) is 34.8 Å². The zero-order valence-corrected chi connectivity index (χ0v) is 11.1. The summed E-state index contributed by atoms with van der Waals surface area (Å²) in [7, 11) is 1.75. The zero-order valence-electron chi connectivity index (χ0n) is 11.1. The Morgan fingerprint density at radius 2 is 1.57 bits per heavy atom. The third-order valence-electron chi connectivity index (χ3n) is 3.33. The number of piperidine rings is 1. The number of nitrogens with zero attached hydrogens (tertiary/aromatic N) is 1. The van der Waals surface area contributed by atoms with Gasteiger partial charge in [0, 0.05) is 6.54 Å². The molecule has 1 fully saturated rings. The molecule has 0 N–H and O–H groups in total. The van der Waals surface area contributed by atoms with Crippen molar-refractivity contribution in [3.63, 3.8) is 0 Å². The Morgan fingerprint density at radius 1 is 1.05 bits per heavy atom. The Bertz CT molecular complexity index is 549. The molecule has 0 amide bonds. The molecular weight excluding hydrogens is 297 g/mol. The Morgan fingerprint density at radius 3 is 2.10 bits per heavy atom. The van der Waals surface area contributed by atoms with Crippen molar-refractivity contribution >= 4 is 5.97 Å². The number of esters is 1. The van der Waals surface area contributed by atoms with Crippen LogP contribution in [0, 0.1) is 35.0 Å². The molecule has 116 valence electrons. The second-order valence-electron chi connectivity index (χ2n) is 4.92. The van der Waals surface area contributed by atoms with Gasteiger partial charge in [0.25, 0.3) is 0 Å². The van der Waals surface area contributed by atoms with Crippen molar-refractivity contribution in [1.82, 2.24) is 4.90 Å². The first-order chi connectivity index (χ1) is 9.82. The van der Waals surface area contributed by atoms with E-state index < -0.39 is 46.7 Å². The average molecular weight is 309 g/mol. The molecular formula is C13H12F5NO2. The predicted octanol–water partition coefficient (Wildman–Crippen LogP) is 2.63. The van der Waals surface area contributed by atoms with Gasteiger partial charge in [0.05, 0.1) is 5.92 Å². The molecule has 21 heavy (non-hydrogen) atoms. The van der Waals surface area contributed by atoms with Crippen molar-refractivity contribution in [3.8, 4) is 5.75 Å². The highest BCUT2D eigenvalue weighted by Gasteiger charge is 2.31. The molecule has 0 aromatic heterocycles. The van der Waals surface area contributed by atoms with E-state index in [1.165, 1.54) is 0 Å². The molecule has 1 aromatic carbocycles. The summed E-state index contributed by atoms with van der Waals surface area (Å²) in [6.07, 6.45) is 1.10. The van der Waals surface area contributed by atoms with Gasteiger partial charge in [-0.2, -0.15) is 8.78 Å². The average Bonchev–Trinajstić information content (AvgIpc) is 2.47. The predicted molar refractivity (Wildman–Crippen MR) is 62.1 cm³/mol. The summed E-state index contributed by atoms with van der Waals surface area (Å²) in [6.45, 7) is 1.06. The maximum atomic E-state index is 13.4. The summed E-state index contributed by atoms with van der Waals surface area (Å²) in [5, 5.41) is 0. The fourth-order valence-electron chi connectivity index (χ4n) is 2.22. The first-order valence-electron chi connectivity index (χ1n) is 6.24. The van der Waals surface area contributed by atoms with Crippen LogP contribution in [0.2, 0.25) is 0 Å². The summed E-state index contributed by atoms with van der Waals surface area (Å²) in [4.78, 5) is 13.6. The van der Waals surface area contributed by atoms with Crippen LogP contribution in [0.4, 0.5) is 22.0 Å². The van der Waals surface area contributed by atoms with Gasteiger partial charge in [-0.3, -0.25) is 4.79 Å². The Balaban J connectivity index is 2.25. The van der Waals surface area contributed by atoms with Crippen LogP contribution >= 0.6 is 0 Å². The number of ether oxygens (including phenoxy) is 1. The molecule has 0 spiro atoms. The van der Waals surface area contributed by atoms with E-state index in [0.29, 0.717) is 19.4 Å². The molecule has 1 heterocycles. The first kappa shape index (κ1) is 15.7. The molecule has 0 unspecified atom stereocenters. The van der Waals surface area contributed by atoms with Crippen LogP contribution < -0.4 is 4.74 Å². The largest absolute Gasteiger partial charge is 0.420 e. The first-order valence-corrected chi connectivity index (χ1v) is 6.24. The van der Waals surface area contributed by atoms with E-state index in [-0.39, 0.29) is 0 Å². The van der Waals surface area contributed by atoms with Crippen molar-refractivity contribution in [2.75, 3.05) is 20.1 Å². The van der Waals surface area contributed by atoms with Crippen LogP contribution in [-0.4, -0.2) is 31.0 Å². The van der Waals surface area contributed by atoms with Crippen LogP contribution in [-0.2, 0) is 4.79 Å². The molecule has 1 atom stereocenters. The number of rotatable bonds is 2. The smallest absolute Gasteiger partial charge is 0.315 e. The number of carbonyl (C=O) groups excluding carboxylic acids is 1. The van der Waals surface area contributed by atoms with Gasteiger partial charge in [-0.1, -0.05) is 0 Å². The number of carbonyl (C=O) groups is 1. The van der Waals surface area contributed by atoms with E-state index in [1.807, 2.05) is 4.90 Å². The van der Waals surface area contributed by atoms with E-state index in [4.69, 9.17) is 0 Å². The van der Waals surface area contributed by atoms with Crippen molar-refractivity contribution in [3.05, 3.63) is 29.1 Å². The molecule has 0 saturated carbocycles. The molecule has 0 aliphatic carbocycles. The van der Waals surface area contributed by atoms with Crippen molar-refractivity contribution in [2.24, 2.45) is 5.92 Å². The second kappa shape index (κ2) is 5.97. The van der Waals surface area contributed by atoms with E-state index in [9.17, 15) is 26.7 Å². The van der Waals surface area contributed by atoms with E-state index in [1.54, 1.807) is 7.05 Å². The van der Waals surface area contributed by atoms with E-state index in [0.717, 1.165) is 6.54 Å². The van der Waals surface area contributed by atoms with Crippen molar-refractivity contribution in [2.45, 2.75) is 12.8 Å². The summed E-state index contributed by atoms with van der Waals surface area (Å²) >= 11 is 0. The molecule has 1 aliphatic rings. The van der Waals surface area contributed by atoms with Gasteiger partial charge >= 0.3 is 5.97 Å². The van der Waals surface area contributed by atoms with Gasteiger partial charge in [0.1, 0.15) is 0 Å². The minimum atomic E-state index is -2.29. The fraction of sp³-hybridized carbons (Fsp3) is 0.462. The highest BCUT2D eigenvalue weighted by Crippen LogP contribution is 2.30. The lowest BCUT2D eigenvalue weighted by Crippen LogP contribution is -2.38. The molecule has 1 aliphatic heterocycles. The molecule has 1 saturated heterocycles. The summed E-state index contributed by atoms with van der Waals surface area (Å²) in [6, 6.07) is 0. The lowest BCUT2D eigenvalue weighted by atomic mass is 9.99. The van der Waals surface area contributed by atoms with Gasteiger partial charge < -0.3 is 9.64 Å². The third kappa shape index (κ3) is 2.99. The standard InChI is InChI=1S/C13H12F5NO2/c1-19-4-2-3-6(5-19)13(20)21-12-10(17)8(15)7(14)9(16)11(12)18/h6H,2-5H2,1H3/t6-/m1/s1. The highest BCUT2D eigenvalue weighted by molar-refractivity contribution is 5.75. The second-order valence-corrected chi connectivity index (χ2v) is 4.92. The number of benzene rings is 1. The summed E-state index contributed by atoms with van der Waals surface area (Å²) < 4.78 is 70.1. The van der Waals surface area contributed by atoms with E-state index in [2.05, 4.69) is 4.74 Å². The number of halogens is 5. The fourth-order valence-corrected chi connectivity index (χ4v) is 2.22. The van der Waals surface area contributed by atoms with Crippen LogP contribution in [0.25, 0.3) is 0 Å². The van der Waals surface area contributed by atoms with Gasteiger partial charge in [-0.15, -0.1) is 0 Å². The molecule has 0 radical (unpaired) electrons. The molecule has 2 rings (SSSR count). The van der Waals surface area contributed by atoms with Crippen molar-refractivity contribution < 1.29 is 31.5 Å². The van der Waals surface area contributed by atoms with Gasteiger partial charge in [-0.05, 0) is 26.4 Å². The van der Waals surface area contributed by atoms with Crippen molar-refractivity contribution in [1.29, 1.82) is 0 Å². The summed E-state index contributed by atoms with van der Waals surface area (Å²) in [5.41, 5.74) is 0. The zero-order chi connectivity index (χ0) is 15.7. The third-order valence-corrected chi connectivity index (χ3v) is 3.33. The molecule has 0 bridgehead atoms. The van der Waals surface area contributed by atoms with Crippen LogP contribution in [0.3, 0.4) is 0 Å². The number of likely N-dealkylation sites (tertiary alicyclic amines) is 1. The van der Waals surface area contributed by atoms with Crippen LogP contribution in [0.1, 0.15) is 12.8 Å². The maximum Gasteiger partial charge on any atom is 0.315 e. The number of hydrogen-bond acceptors (Lipinski definition) is 3. The molecule has 1 aromatic rings. The normalized spacial score (nSPS) is 19.6. The Kier molecular flexibility index (Phi) is 4.46. The Hall–Kier alpha value is -1.70. The molecule has 3 nitrogen and oxygen atoms in total. The van der Waals surface area contributed by atoms with Crippen LogP contribution in [0.5, 0.6) is 5.75 Å². The summed E-state index contributed by atoms with van der Waals surface area (Å²) in [5.74, 6) is -14.1. The number of hydrogen-bond donors (Lipinski definition) is 0. The lowest BCUT2D eigenvalue weighted by Gasteiger charge is -2.28. The van der Waals surface area contributed by atoms with E-state index >= 15 is 0 Å². The SMILES string of the molecule is CN1CCC[C@@H](C(=O)Oc2c(F)c(F)c(F)c(F)c2F)C1. The lowest BCUT2D eigenvalue weighted by molar-refractivity contribution is -0.141.